The van der Waals surface area contributed by atoms with Gasteiger partial charge in [-0.05, 0) is 109 Å². The van der Waals surface area contributed by atoms with Gasteiger partial charge in [0.05, 0.1) is 5.92 Å². The van der Waals surface area contributed by atoms with Gasteiger partial charge in [0, 0.05) is 13.7 Å². The first-order valence-electron chi connectivity index (χ1n) is 11.9. The molecule has 2 aliphatic carbocycles. The molecule has 2 saturated carbocycles. The van der Waals surface area contributed by atoms with E-state index in [0.717, 1.165) is 42.3 Å². The predicted molar refractivity (Wildman–Crippen MR) is 117 cm³/mol. The fourth-order valence-electron chi connectivity index (χ4n) is 8.55. The van der Waals surface area contributed by atoms with Crippen molar-refractivity contribution in [3.05, 3.63) is 0 Å². The normalized spacial score (nSPS) is 50.7. The lowest BCUT2D eigenvalue weighted by Crippen LogP contribution is -2.53. The first kappa shape index (κ1) is 22.3. The summed E-state index contributed by atoms with van der Waals surface area (Å²) in [7, 11) is 1.06. The van der Waals surface area contributed by atoms with Crippen molar-refractivity contribution in [2.24, 2.45) is 35.0 Å². The molecular weight excluding hydrogens is 393 g/mol. The van der Waals surface area contributed by atoms with Gasteiger partial charge in [-0.2, -0.15) is 13.2 Å². The molecule has 4 rings (SSSR count). The zero-order chi connectivity index (χ0) is 21.0. The van der Waals surface area contributed by atoms with E-state index in [4.69, 9.17) is 4.74 Å². The Hall–Kier alpha value is 0.100. The largest absolute Gasteiger partial charge is 0.391 e. The molecule has 0 aromatic carbocycles. The number of hydrogen-bond donors (Lipinski definition) is 0. The average molecular weight is 435 g/mol. The van der Waals surface area contributed by atoms with Gasteiger partial charge < -0.3 is 4.74 Å². The van der Waals surface area contributed by atoms with Crippen LogP contribution in [-0.4, -0.2) is 42.4 Å². The van der Waals surface area contributed by atoms with Gasteiger partial charge in [0.1, 0.15) is 0 Å². The Morgan fingerprint density at radius 2 is 1.86 bits per heavy atom. The maximum atomic E-state index is 13.3. The molecule has 29 heavy (non-hydrogen) atoms. The lowest BCUT2D eigenvalue weighted by Gasteiger charge is -2.65. The van der Waals surface area contributed by atoms with Crippen molar-refractivity contribution in [3.8, 4) is 0 Å². The molecular formula is C24H41F3OS. The van der Waals surface area contributed by atoms with Gasteiger partial charge in [0.25, 0.3) is 0 Å². The highest BCUT2D eigenvalue weighted by molar-refractivity contribution is 8.34. The summed E-state index contributed by atoms with van der Waals surface area (Å²) < 4.78 is 45.4. The molecule has 2 heterocycles. The molecule has 2 aliphatic heterocycles. The number of methoxy groups -OCH3 is 1. The number of halogens is 3. The number of hydrogen-bond acceptors (Lipinski definition) is 1. The molecule has 4 aliphatic rings. The number of alkyl halides is 3. The minimum absolute atomic E-state index is 0.336. The Bertz CT molecular complexity index is 595. The van der Waals surface area contributed by atoms with E-state index < -0.39 is 22.1 Å². The first-order chi connectivity index (χ1) is 13.6. The third-order valence-electron chi connectivity index (χ3n) is 10.0. The minimum atomic E-state index is -3.99. The van der Waals surface area contributed by atoms with Gasteiger partial charge >= 0.3 is 6.18 Å². The molecule has 0 radical (unpaired) electrons. The van der Waals surface area contributed by atoms with E-state index in [1.54, 1.807) is 7.11 Å². The third-order valence-corrected chi connectivity index (χ3v) is 15.2. The van der Waals surface area contributed by atoms with Crippen LogP contribution in [0.3, 0.4) is 0 Å². The topological polar surface area (TPSA) is 9.23 Å². The van der Waals surface area contributed by atoms with E-state index in [1.807, 2.05) is 0 Å². The molecule has 0 amide bonds. The predicted octanol–water partition coefficient (Wildman–Crippen LogP) is 7.04. The Morgan fingerprint density at radius 3 is 2.55 bits per heavy atom. The van der Waals surface area contributed by atoms with Crippen LogP contribution in [0.25, 0.3) is 0 Å². The molecule has 0 spiro atoms. The second kappa shape index (κ2) is 7.90. The summed E-state index contributed by atoms with van der Waals surface area (Å²) in [4.78, 5) is 0. The number of rotatable bonds is 4. The second-order valence-corrected chi connectivity index (χ2v) is 15.3. The Balaban J connectivity index is 1.51. The summed E-state index contributed by atoms with van der Waals surface area (Å²) in [5.74, 6) is 2.63. The summed E-state index contributed by atoms with van der Waals surface area (Å²) in [5.41, 5.74) is 0.448. The molecule has 5 heteroatoms. The number of ether oxygens (including phenoxy) is 1. The van der Waals surface area contributed by atoms with Gasteiger partial charge in [-0.3, -0.25) is 0 Å². The summed E-state index contributed by atoms with van der Waals surface area (Å²) in [6, 6.07) is 0. The third kappa shape index (κ3) is 3.68. The van der Waals surface area contributed by atoms with Crippen molar-refractivity contribution in [1.82, 2.24) is 0 Å². The van der Waals surface area contributed by atoms with Gasteiger partial charge in [0.2, 0.25) is 0 Å². The maximum Gasteiger partial charge on any atom is 0.391 e. The first-order valence-corrected chi connectivity index (χ1v) is 14.2. The highest BCUT2D eigenvalue weighted by Crippen LogP contribution is 2.75. The standard InChI is InChI=1S/C24H41F3OS/c1-16(10-13-28-3)20-7-8-22-23(20,2)12-9-21-19-6-5-18(24(25,26)27)15-17(19)11-14-29(21,22)4/h16-22H,5-15H2,1-4H3/t16-,17?,18?,19?,20?,21?,22?,23?/m1/s1. The molecule has 4 fully saturated rings. The molecule has 9 atom stereocenters. The average Bonchev–Trinajstić information content (AvgIpc) is 3.03. The van der Waals surface area contributed by atoms with Crippen molar-refractivity contribution in [1.29, 1.82) is 0 Å². The minimum Gasteiger partial charge on any atom is -0.385 e. The van der Waals surface area contributed by atoms with Crippen LogP contribution in [-0.2, 0) is 4.74 Å². The van der Waals surface area contributed by atoms with E-state index in [0.29, 0.717) is 36.0 Å². The van der Waals surface area contributed by atoms with Crippen molar-refractivity contribution in [2.75, 3.05) is 25.7 Å². The van der Waals surface area contributed by atoms with Crippen LogP contribution in [0.5, 0.6) is 0 Å². The highest BCUT2D eigenvalue weighted by atomic mass is 32.3. The van der Waals surface area contributed by atoms with Crippen LogP contribution < -0.4 is 0 Å². The molecule has 0 aromatic heterocycles. The molecule has 0 N–H and O–H groups in total. The lowest BCUT2D eigenvalue weighted by atomic mass is 9.66. The molecule has 0 bridgehead atoms. The Morgan fingerprint density at radius 1 is 1.10 bits per heavy atom. The van der Waals surface area contributed by atoms with E-state index in [-0.39, 0.29) is 0 Å². The van der Waals surface area contributed by atoms with E-state index in [1.165, 1.54) is 31.4 Å². The van der Waals surface area contributed by atoms with Crippen LogP contribution in [0.15, 0.2) is 0 Å². The molecule has 0 aromatic rings. The van der Waals surface area contributed by atoms with Crippen LogP contribution >= 0.6 is 10.0 Å². The quantitative estimate of drug-likeness (QED) is 0.461. The van der Waals surface area contributed by atoms with Gasteiger partial charge in [-0.15, -0.1) is 0 Å². The smallest absolute Gasteiger partial charge is 0.385 e. The Labute approximate surface area is 177 Å². The lowest BCUT2D eigenvalue weighted by molar-refractivity contribution is -0.189. The van der Waals surface area contributed by atoms with Crippen molar-refractivity contribution >= 4 is 10.0 Å². The fraction of sp³-hybridized carbons (Fsp3) is 1.00. The van der Waals surface area contributed by atoms with Crippen LogP contribution in [0, 0.1) is 35.0 Å². The summed E-state index contributed by atoms with van der Waals surface area (Å²) in [6.45, 7) is 5.87. The van der Waals surface area contributed by atoms with Crippen molar-refractivity contribution < 1.29 is 17.9 Å². The molecule has 8 unspecified atom stereocenters. The van der Waals surface area contributed by atoms with Crippen molar-refractivity contribution in [3.63, 3.8) is 0 Å². The number of fused-ring (bicyclic) bond motifs is 5. The zero-order valence-electron chi connectivity index (χ0n) is 18.8. The van der Waals surface area contributed by atoms with E-state index in [9.17, 15) is 13.2 Å². The Kier molecular flexibility index (Phi) is 6.08. The second-order valence-electron chi connectivity index (χ2n) is 11.2. The zero-order valence-corrected chi connectivity index (χ0v) is 19.6. The summed E-state index contributed by atoms with van der Waals surface area (Å²) >= 11 is 0. The summed E-state index contributed by atoms with van der Waals surface area (Å²) in [6.07, 6.45) is 7.79. The van der Waals surface area contributed by atoms with E-state index in [2.05, 4.69) is 20.1 Å². The van der Waals surface area contributed by atoms with Crippen molar-refractivity contribution in [2.45, 2.75) is 88.3 Å². The van der Waals surface area contributed by atoms with Crippen LogP contribution in [0.1, 0.15) is 71.6 Å². The van der Waals surface area contributed by atoms with Gasteiger partial charge in [-0.25, -0.2) is 10.0 Å². The molecule has 170 valence electrons. The molecule has 2 saturated heterocycles. The molecule has 1 nitrogen and oxygen atoms in total. The van der Waals surface area contributed by atoms with Gasteiger partial charge in [-0.1, -0.05) is 13.8 Å². The maximum absolute atomic E-state index is 13.3. The highest BCUT2D eigenvalue weighted by Gasteiger charge is 2.61. The monoisotopic (exact) mass is 434 g/mol. The van der Waals surface area contributed by atoms with Gasteiger partial charge in [0.15, 0.2) is 0 Å². The summed E-state index contributed by atoms with van der Waals surface area (Å²) in [5, 5.41) is 1.58. The van der Waals surface area contributed by atoms with Crippen LogP contribution in [0.4, 0.5) is 13.2 Å². The van der Waals surface area contributed by atoms with E-state index >= 15 is 0 Å². The van der Waals surface area contributed by atoms with Crippen LogP contribution in [0.2, 0.25) is 0 Å². The SMILES string of the molecule is COCC[C@@H](C)C1CCC2C1(C)CCC1C3CCC(C(F)(F)F)CC3CCS12C. The fourth-order valence-corrected chi connectivity index (χ4v) is 14.4.